The molecule has 110 valence electrons. The van der Waals surface area contributed by atoms with Crippen LogP contribution in [0.1, 0.15) is 16.8 Å². The first-order valence-corrected chi connectivity index (χ1v) is 8.65. The van der Waals surface area contributed by atoms with Gasteiger partial charge in [0.1, 0.15) is 0 Å². The first-order chi connectivity index (χ1) is 10.2. The molecule has 0 amide bonds. The molecule has 0 aromatic carbocycles. The summed E-state index contributed by atoms with van der Waals surface area (Å²) in [4.78, 5) is 25.9. The van der Waals surface area contributed by atoms with Crippen molar-refractivity contribution in [1.82, 2.24) is 19.9 Å². The molecule has 0 radical (unpaired) electrons. The third-order valence-corrected chi connectivity index (χ3v) is 4.50. The lowest BCUT2D eigenvalue weighted by Crippen LogP contribution is -2.35. The third-order valence-electron chi connectivity index (χ3n) is 3.49. The standard InChI is InChI=1S/C14H15BrN4OS/c1-21-14-17-12-2-3-19(8-11(12)13(20)18-14)7-9-4-10(15)6-16-5-9/h4-6H,2-3,7-8H2,1H3,(H,17,18,20). The van der Waals surface area contributed by atoms with Crippen molar-refractivity contribution in [2.75, 3.05) is 12.8 Å². The molecule has 0 saturated heterocycles. The summed E-state index contributed by atoms with van der Waals surface area (Å²) in [6.07, 6.45) is 6.36. The van der Waals surface area contributed by atoms with Crippen LogP contribution in [0.2, 0.25) is 0 Å². The van der Waals surface area contributed by atoms with E-state index in [0.29, 0.717) is 11.7 Å². The molecular weight excluding hydrogens is 352 g/mol. The summed E-state index contributed by atoms with van der Waals surface area (Å²) in [5.74, 6) is 0. The van der Waals surface area contributed by atoms with Gasteiger partial charge in [-0.1, -0.05) is 11.8 Å². The van der Waals surface area contributed by atoms with Crippen LogP contribution in [0.15, 0.2) is 32.9 Å². The molecule has 0 aliphatic carbocycles. The molecule has 0 saturated carbocycles. The van der Waals surface area contributed by atoms with Crippen molar-refractivity contribution >= 4 is 27.7 Å². The smallest absolute Gasteiger partial charge is 0.256 e. The Morgan fingerprint density at radius 2 is 2.33 bits per heavy atom. The second-order valence-electron chi connectivity index (χ2n) is 4.97. The van der Waals surface area contributed by atoms with Crippen LogP contribution in [0.4, 0.5) is 0 Å². The molecule has 7 heteroatoms. The fourth-order valence-electron chi connectivity index (χ4n) is 2.49. The Labute approximate surface area is 135 Å². The van der Waals surface area contributed by atoms with Gasteiger partial charge in [-0.05, 0) is 33.8 Å². The van der Waals surface area contributed by atoms with Gasteiger partial charge in [-0.3, -0.25) is 14.7 Å². The number of fused-ring (bicyclic) bond motifs is 1. The molecule has 0 bridgehead atoms. The predicted octanol–water partition coefficient (Wildman–Crippen LogP) is 2.21. The van der Waals surface area contributed by atoms with E-state index in [4.69, 9.17) is 0 Å². The molecule has 1 N–H and O–H groups in total. The first kappa shape index (κ1) is 14.7. The Kier molecular flexibility index (Phi) is 4.42. The molecule has 0 spiro atoms. The van der Waals surface area contributed by atoms with E-state index in [1.165, 1.54) is 11.8 Å². The summed E-state index contributed by atoms with van der Waals surface area (Å²) < 4.78 is 0.974. The van der Waals surface area contributed by atoms with E-state index in [9.17, 15) is 4.79 Å². The van der Waals surface area contributed by atoms with Crippen LogP contribution in [-0.2, 0) is 19.5 Å². The number of aromatic amines is 1. The minimum Gasteiger partial charge on any atom is -0.301 e. The van der Waals surface area contributed by atoms with Crippen molar-refractivity contribution in [3.8, 4) is 0 Å². The summed E-state index contributed by atoms with van der Waals surface area (Å²) in [6, 6.07) is 2.06. The average molecular weight is 367 g/mol. The number of pyridine rings is 1. The molecule has 0 unspecified atom stereocenters. The van der Waals surface area contributed by atoms with Crippen LogP contribution in [0, 0.1) is 0 Å². The number of nitrogens with one attached hydrogen (secondary N) is 1. The molecule has 1 aliphatic heterocycles. The van der Waals surface area contributed by atoms with Crippen molar-refractivity contribution < 1.29 is 0 Å². The molecule has 21 heavy (non-hydrogen) atoms. The fourth-order valence-corrected chi connectivity index (χ4v) is 3.30. The molecule has 2 aromatic rings. The maximum atomic E-state index is 12.1. The topological polar surface area (TPSA) is 61.9 Å². The normalized spacial score (nSPS) is 15.0. The van der Waals surface area contributed by atoms with Crippen molar-refractivity contribution in [3.05, 3.63) is 50.1 Å². The van der Waals surface area contributed by atoms with Gasteiger partial charge in [0.25, 0.3) is 5.56 Å². The zero-order valence-electron chi connectivity index (χ0n) is 11.6. The van der Waals surface area contributed by atoms with Crippen LogP contribution in [-0.4, -0.2) is 32.7 Å². The third kappa shape index (κ3) is 3.36. The highest BCUT2D eigenvalue weighted by Crippen LogP contribution is 2.19. The van der Waals surface area contributed by atoms with E-state index in [2.05, 4.69) is 41.8 Å². The minimum atomic E-state index is -0.0126. The highest BCUT2D eigenvalue weighted by molar-refractivity contribution is 9.10. The Morgan fingerprint density at radius 1 is 1.48 bits per heavy atom. The SMILES string of the molecule is CSc1nc2c(c(=O)[nH]1)CN(Cc1cncc(Br)c1)CC2. The van der Waals surface area contributed by atoms with Gasteiger partial charge in [0, 0.05) is 42.9 Å². The maximum Gasteiger partial charge on any atom is 0.256 e. The summed E-state index contributed by atoms with van der Waals surface area (Å²) in [5, 5.41) is 0.698. The van der Waals surface area contributed by atoms with Gasteiger partial charge in [-0.2, -0.15) is 0 Å². The van der Waals surface area contributed by atoms with E-state index in [-0.39, 0.29) is 5.56 Å². The second-order valence-corrected chi connectivity index (χ2v) is 6.68. The summed E-state index contributed by atoms with van der Waals surface area (Å²) in [7, 11) is 0. The number of H-pyrrole nitrogens is 1. The molecule has 5 nitrogen and oxygen atoms in total. The molecule has 3 heterocycles. The second kappa shape index (κ2) is 6.29. The molecular formula is C14H15BrN4OS. The number of halogens is 1. The molecule has 0 atom stereocenters. The van der Waals surface area contributed by atoms with Crippen LogP contribution in [0.5, 0.6) is 0 Å². The summed E-state index contributed by atoms with van der Waals surface area (Å²) in [5.41, 5.74) is 2.85. The lowest BCUT2D eigenvalue weighted by Gasteiger charge is -2.27. The monoisotopic (exact) mass is 366 g/mol. The van der Waals surface area contributed by atoms with Crippen molar-refractivity contribution in [2.24, 2.45) is 0 Å². The Balaban J connectivity index is 1.80. The predicted molar refractivity (Wildman–Crippen MR) is 86.4 cm³/mol. The van der Waals surface area contributed by atoms with Crippen LogP contribution < -0.4 is 5.56 Å². The van der Waals surface area contributed by atoms with E-state index in [1.54, 1.807) is 6.20 Å². The zero-order chi connectivity index (χ0) is 14.8. The average Bonchev–Trinajstić information content (AvgIpc) is 2.47. The van der Waals surface area contributed by atoms with Crippen LogP contribution in [0.25, 0.3) is 0 Å². The maximum absolute atomic E-state index is 12.1. The van der Waals surface area contributed by atoms with Gasteiger partial charge in [-0.25, -0.2) is 4.98 Å². The van der Waals surface area contributed by atoms with Gasteiger partial charge in [0.2, 0.25) is 0 Å². The van der Waals surface area contributed by atoms with Crippen molar-refractivity contribution in [1.29, 1.82) is 0 Å². The van der Waals surface area contributed by atoms with Crippen LogP contribution in [0.3, 0.4) is 0 Å². The number of rotatable bonds is 3. The zero-order valence-corrected chi connectivity index (χ0v) is 14.0. The first-order valence-electron chi connectivity index (χ1n) is 6.63. The fraction of sp³-hybridized carbons (Fsp3) is 0.357. The number of thioether (sulfide) groups is 1. The lowest BCUT2D eigenvalue weighted by atomic mass is 10.1. The minimum absolute atomic E-state index is 0.0126. The Bertz CT molecular complexity index is 718. The number of hydrogen-bond donors (Lipinski definition) is 1. The van der Waals surface area contributed by atoms with Gasteiger partial charge < -0.3 is 4.98 Å². The number of hydrogen-bond acceptors (Lipinski definition) is 5. The number of nitrogens with zero attached hydrogens (tertiary/aromatic N) is 3. The van der Waals surface area contributed by atoms with Crippen molar-refractivity contribution in [3.63, 3.8) is 0 Å². The van der Waals surface area contributed by atoms with Gasteiger partial charge in [-0.15, -0.1) is 0 Å². The van der Waals surface area contributed by atoms with E-state index in [0.717, 1.165) is 40.8 Å². The largest absolute Gasteiger partial charge is 0.301 e. The molecule has 0 fully saturated rings. The van der Waals surface area contributed by atoms with E-state index >= 15 is 0 Å². The van der Waals surface area contributed by atoms with Crippen LogP contribution >= 0.6 is 27.7 Å². The van der Waals surface area contributed by atoms with Gasteiger partial charge >= 0.3 is 0 Å². The molecule has 1 aliphatic rings. The Hall–Kier alpha value is -1.18. The van der Waals surface area contributed by atoms with E-state index < -0.39 is 0 Å². The summed E-state index contributed by atoms with van der Waals surface area (Å²) >= 11 is 4.90. The Morgan fingerprint density at radius 3 is 3.10 bits per heavy atom. The number of aromatic nitrogens is 3. The molecule has 2 aromatic heterocycles. The highest BCUT2D eigenvalue weighted by atomic mass is 79.9. The lowest BCUT2D eigenvalue weighted by molar-refractivity contribution is 0.240. The van der Waals surface area contributed by atoms with Crippen molar-refractivity contribution in [2.45, 2.75) is 24.7 Å². The summed E-state index contributed by atoms with van der Waals surface area (Å²) in [6.45, 7) is 2.33. The van der Waals surface area contributed by atoms with Gasteiger partial charge in [0.05, 0.1) is 11.3 Å². The molecule has 3 rings (SSSR count). The van der Waals surface area contributed by atoms with Gasteiger partial charge in [0.15, 0.2) is 5.16 Å². The van der Waals surface area contributed by atoms with E-state index in [1.807, 2.05) is 12.5 Å². The quantitative estimate of drug-likeness (QED) is 0.666. The highest BCUT2D eigenvalue weighted by Gasteiger charge is 2.21.